The fraction of sp³-hybridized carbons (Fsp3) is 0.669. The summed E-state index contributed by atoms with van der Waals surface area (Å²) in [5, 5.41) is 49.9. The lowest BCUT2D eigenvalue weighted by Gasteiger charge is -2.70. The number of terminal acetylenes is 1. The quantitative estimate of drug-likeness (QED) is 0.154. The molecule has 1 heterocycles. The van der Waals surface area contributed by atoms with Crippen LogP contribution in [0.2, 0.25) is 0 Å². The SMILES string of the molecule is C#C[C@]1(C)CC[C@]2(C)CC[C@]3(C)C4=CC=C5C(=CC(=O)C(O)=C5C)[C@]4(C)CC[C@@]3(C)[C@@H]2C1.CC1=C(O)C(=O)C=C2C1=CC=C1[C@@]2(C)CC[C@@]2(C)[C@@H]3C[C@](C)(C4=NCN=N4)CC[C@]3(C)CC[C@]12C.CCOC(=O)[C@]1(C)CC[C@]2(C)CC[C@]3(C)C4=CC=C5C(=CC(=O)C(O)=C5C)[C@]4(C)CC[C@@]3(C)[C@@H]2C1.CC[C@]1(C)CC[C@]2(C)CC[C@]3(C)C4=CC=C5C(=CC(=O)C(O)=C5C)[C@]4(C)CC[C@@]3(C)[C@@H]2C1. The second kappa shape index (κ2) is 30.8. The van der Waals surface area contributed by atoms with E-state index in [4.69, 9.17) is 11.2 Å². The van der Waals surface area contributed by atoms with Gasteiger partial charge in [-0.3, -0.25) is 24.0 Å². The largest absolute Gasteiger partial charge is 0.504 e. The minimum absolute atomic E-state index is 0.00203. The van der Waals surface area contributed by atoms with Gasteiger partial charge < -0.3 is 25.2 Å². The molecule has 134 heavy (non-hydrogen) atoms. The Bertz CT molecular complexity index is 5900. The maximum absolute atomic E-state index is 13.1. The lowest BCUT2D eigenvalue weighted by Crippen LogP contribution is -2.62. The van der Waals surface area contributed by atoms with Gasteiger partial charge in [-0.2, -0.15) is 5.11 Å². The maximum atomic E-state index is 13.1. The van der Waals surface area contributed by atoms with Crippen LogP contribution in [0.3, 0.4) is 0 Å². The van der Waals surface area contributed by atoms with Crippen molar-refractivity contribution in [1.82, 2.24) is 0 Å². The summed E-state index contributed by atoms with van der Waals surface area (Å²) in [6.45, 7) is 61.8. The van der Waals surface area contributed by atoms with Crippen LogP contribution in [0.5, 0.6) is 0 Å². The van der Waals surface area contributed by atoms with Crippen molar-refractivity contribution in [3.05, 3.63) is 185 Å². The van der Waals surface area contributed by atoms with Crippen LogP contribution in [0.25, 0.3) is 0 Å². The smallest absolute Gasteiger partial charge is 0.311 e. The van der Waals surface area contributed by atoms with Gasteiger partial charge in [-0.25, -0.2) is 4.99 Å². The molecular weight excluding hydrogens is 1660 g/mol. The number of aliphatic hydroxyl groups excluding tert-OH is 4. The first-order chi connectivity index (χ1) is 62.3. The minimum atomic E-state index is -0.423. The van der Waals surface area contributed by atoms with Crippen LogP contribution in [0, 0.1) is 144 Å². The molecule has 13 heteroatoms. The maximum Gasteiger partial charge on any atom is 0.311 e. The zero-order valence-electron chi connectivity index (χ0n) is 86.8. The molecule has 0 spiro atoms. The molecule has 0 radical (unpaired) electrons. The standard InChI is InChI=1S/C31H42O4.C30H39N3O2.C30H42O2.C30H38O2/c1-8-35-26(34)28(4)12-11-27(3)13-15-30(6)23-10-9-20-19(2)25(33)22(32)17-21(20)29(23,5)14-16-31(30,7)24(27)18-28;1-18-19-7-8-22-28(4,20(19)15-21(34)24(18)35)12-14-30(6)23-16-27(3,25-31-17-32-33-25)10-9-26(23,2)11-13-29(22,30)5;2*1-8-26(3)11-12-27(4)13-15-29(6)23-10-9-20-19(2)25(32)22(31)17-21(20)28(23,5)14-16-30(29,7)24(27)18-26/h9-10,17,24,33H,8,11-16,18H2,1-7H3;7-8,15,23,35H,9-14,16-17H2,1-6H3;9-10,17,24,32H,8,11-16,18H2,1-7H3;1,9-10,17,24,32H,11-16,18H2,2-7H3/t24-,27-,28-,29+,30-,31+;23-,26-,27-,28+,29-,30+;2*24-,26-,27-,28+,29-,30+/m1111/s1. The molecule has 24 atom stereocenters. The van der Waals surface area contributed by atoms with Crippen LogP contribution in [-0.4, -0.2) is 68.6 Å². The highest BCUT2D eigenvalue weighted by Crippen LogP contribution is 2.82. The van der Waals surface area contributed by atoms with Gasteiger partial charge in [-0.15, -0.1) is 17.5 Å². The van der Waals surface area contributed by atoms with Gasteiger partial charge in [0.15, 0.2) is 35.5 Å². The Kier molecular flexibility index (Phi) is 22.1. The van der Waals surface area contributed by atoms with Crippen LogP contribution in [0.15, 0.2) is 200 Å². The van der Waals surface area contributed by atoms with Gasteiger partial charge in [-0.05, 0) is 391 Å². The van der Waals surface area contributed by atoms with Crippen molar-refractivity contribution in [2.75, 3.05) is 13.3 Å². The number of ketones is 4. The van der Waals surface area contributed by atoms with Crippen molar-refractivity contribution in [3.63, 3.8) is 0 Å². The fourth-order valence-electron chi connectivity index (χ4n) is 35.6. The van der Waals surface area contributed by atoms with Crippen molar-refractivity contribution in [2.45, 2.75) is 366 Å². The number of nitrogens with zero attached hydrogens (tertiary/aromatic N) is 3. The number of hydrogen-bond donors (Lipinski definition) is 4. The van der Waals surface area contributed by atoms with Gasteiger partial charge in [0.2, 0.25) is 23.1 Å². The molecule has 720 valence electrons. The number of amidine groups is 1. The second-order valence-electron chi connectivity index (χ2n) is 52.8. The summed E-state index contributed by atoms with van der Waals surface area (Å²) in [7, 11) is 0. The fourth-order valence-corrected chi connectivity index (χ4v) is 35.6. The first-order valence-electron chi connectivity index (χ1n) is 52.3. The summed E-state index contributed by atoms with van der Waals surface area (Å²) in [5.41, 5.74) is 19.1. The van der Waals surface area contributed by atoms with E-state index in [1.165, 1.54) is 100 Å². The highest BCUT2D eigenvalue weighted by atomic mass is 16.5. The third-order valence-electron chi connectivity index (χ3n) is 46.5. The zero-order valence-corrected chi connectivity index (χ0v) is 86.8. The summed E-state index contributed by atoms with van der Waals surface area (Å²) in [5.74, 6) is 5.06. The Hall–Kier alpha value is -7.98. The highest BCUT2D eigenvalue weighted by molar-refractivity contribution is 6.09. The molecule has 1 aliphatic heterocycles. The zero-order chi connectivity index (χ0) is 97.3. The molecular formula is C121H161N3O10. The van der Waals surface area contributed by atoms with E-state index in [9.17, 15) is 44.4 Å². The molecule has 0 bridgehead atoms. The summed E-state index contributed by atoms with van der Waals surface area (Å²) >= 11 is 0. The van der Waals surface area contributed by atoms with Gasteiger partial charge in [-0.1, -0.05) is 209 Å². The summed E-state index contributed by atoms with van der Waals surface area (Å²) < 4.78 is 5.56. The number of aliphatic hydroxyl groups is 4. The van der Waals surface area contributed by atoms with Gasteiger partial charge in [0, 0.05) is 54.8 Å². The highest BCUT2D eigenvalue weighted by Gasteiger charge is 2.73. The van der Waals surface area contributed by atoms with Crippen LogP contribution in [0.4, 0.5) is 0 Å². The van der Waals surface area contributed by atoms with E-state index >= 15 is 0 Å². The van der Waals surface area contributed by atoms with Crippen LogP contribution in [0.1, 0.15) is 366 Å². The van der Waals surface area contributed by atoms with Gasteiger partial charge in [0.05, 0.1) is 12.0 Å². The average Bonchev–Trinajstić information content (AvgIpc) is 0.716. The number of aliphatic imine (C=N–C) groups is 1. The topological polar surface area (TPSA) is 213 Å². The third kappa shape index (κ3) is 13.0. The Labute approximate surface area is 803 Å². The van der Waals surface area contributed by atoms with Gasteiger partial charge in [0.1, 0.15) is 0 Å². The van der Waals surface area contributed by atoms with Crippen molar-refractivity contribution >= 4 is 34.9 Å². The molecule has 21 rings (SSSR count). The molecule has 12 saturated carbocycles. The van der Waals surface area contributed by atoms with E-state index in [1.54, 1.807) is 29.9 Å². The molecule has 0 aromatic heterocycles. The molecule has 13 nitrogen and oxygen atoms in total. The molecule has 0 aromatic rings. The lowest BCUT2D eigenvalue weighted by molar-refractivity contribution is -0.182. The number of carbonyl (C=O) groups excluding carboxylic acids is 5. The van der Waals surface area contributed by atoms with E-state index in [1.807, 2.05) is 34.6 Å². The average molecular weight is 1820 g/mol. The summed E-state index contributed by atoms with van der Waals surface area (Å²) in [6.07, 6.45) is 64.6. The molecule has 4 N–H and O–H groups in total. The number of rotatable bonds is 4. The van der Waals surface area contributed by atoms with E-state index < -0.39 is 5.41 Å². The number of ether oxygens (including phenoxy) is 1. The first kappa shape index (κ1) is 96.3. The normalized spacial score (nSPS) is 46.7. The van der Waals surface area contributed by atoms with E-state index in [0.717, 1.165) is 170 Å². The summed E-state index contributed by atoms with van der Waals surface area (Å²) in [4.78, 5) is 68.2. The van der Waals surface area contributed by atoms with E-state index in [-0.39, 0.29) is 133 Å². The van der Waals surface area contributed by atoms with E-state index in [2.05, 4.69) is 215 Å². The Morgan fingerprint density at radius 3 is 0.985 bits per heavy atom. The molecule has 12 fully saturated rings. The molecule has 0 aromatic carbocycles. The lowest BCUT2D eigenvalue weighted by atomic mass is 9.34. The summed E-state index contributed by atoms with van der Waals surface area (Å²) in [6, 6.07) is 0. The molecule has 0 unspecified atom stereocenters. The minimum Gasteiger partial charge on any atom is -0.504 e. The van der Waals surface area contributed by atoms with E-state index in [0.29, 0.717) is 63.8 Å². The van der Waals surface area contributed by atoms with Crippen molar-refractivity contribution < 1.29 is 49.1 Å². The third-order valence-corrected chi connectivity index (χ3v) is 46.5. The Balaban J connectivity index is 0.000000120. The van der Waals surface area contributed by atoms with Gasteiger partial charge >= 0.3 is 5.97 Å². The number of carbonyl (C=O) groups is 5. The first-order valence-corrected chi connectivity index (χ1v) is 52.3. The Morgan fingerprint density at radius 1 is 0.373 bits per heavy atom. The Morgan fingerprint density at radius 2 is 0.672 bits per heavy atom. The number of azo groups is 1. The van der Waals surface area contributed by atoms with Crippen molar-refractivity contribution in [1.29, 1.82) is 0 Å². The molecule has 20 aliphatic carbocycles. The molecule has 21 aliphatic rings. The number of hydrogen-bond acceptors (Lipinski definition) is 13. The van der Waals surface area contributed by atoms with Crippen LogP contribution >= 0.6 is 0 Å². The van der Waals surface area contributed by atoms with Gasteiger partial charge in [0.25, 0.3) is 0 Å². The molecule has 0 saturated heterocycles. The van der Waals surface area contributed by atoms with Crippen LogP contribution < -0.4 is 0 Å². The van der Waals surface area contributed by atoms with Crippen molar-refractivity contribution in [2.24, 2.45) is 147 Å². The van der Waals surface area contributed by atoms with Crippen LogP contribution in [-0.2, 0) is 28.7 Å². The monoisotopic (exact) mass is 1820 g/mol. The number of esters is 1. The van der Waals surface area contributed by atoms with Crippen molar-refractivity contribution in [3.8, 4) is 12.3 Å². The number of fused-ring (bicyclic) bond motifs is 28. The predicted molar refractivity (Wildman–Crippen MR) is 537 cm³/mol. The molecule has 0 amide bonds. The second-order valence-corrected chi connectivity index (χ2v) is 52.8. The number of allylic oxidation sites excluding steroid dienone is 28. The predicted octanol–water partition coefficient (Wildman–Crippen LogP) is 29.9.